The molecule has 5 saturated heterocycles. The van der Waals surface area contributed by atoms with Crippen LogP contribution in [0.25, 0.3) is 0 Å². The van der Waals surface area contributed by atoms with E-state index in [9.17, 15) is 55.5 Å². The number of aliphatic hydroxyl groups excluding tert-OH is 1. The molecule has 114 heavy (non-hydrogen) atoms. The quantitative estimate of drug-likeness (QED) is 0.0847. The highest BCUT2D eigenvalue weighted by molar-refractivity contribution is 9.11. The van der Waals surface area contributed by atoms with Crippen LogP contribution in [0.5, 0.6) is 0 Å². The lowest BCUT2D eigenvalue weighted by molar-refractivity contribution is -0.117. The van der Waals surface area contributed by atoms with E-state index in [-0.39, 0.29) is 103 Å². The van der Waals surface area contributed by atoms with E-state index in [4.69, 9.17) is 23.7 Å². The summed E-state index contributed by atoms with van der Waals surface area (Å²) < 4.78 is 78.2. The number of amides is 5. The molecule has 0 radical (unpaired) electrons. The molecule has 24 nitrogen and oxygen atoms in total. The van der Waals surface area contributed by atoms with Gasteiger partial charge in [-0.2, -0.15) is 13.5 Å². The number of likely N-dealkylation sites (tertiary alicyclic amines) is 5. The Hall–Kier alpha value is -6.66. The molecular weight excluding hydrogens is 1690 g/mol. The van der Waals surface area contributed by atoms with Crippen LogP contribution >= 0.6 is 47.8 Å². The zero-order valence-corrected chi connectivity index (χ0v) is 74.7. The highest BCUT2D eigenvalue weighted by atomic mass is 79.9. The van der Waals surface area contributed by atoms with E-state index in [0.717, 1.165) is 36.5 Å². The van der Waals surface area contributed by atoms with Crippen LogP contribution in [0.2, 0.25) is 0 Å². The zero-order valence-electron chi connectivity index (χ0n) is 68.3. The van der Waals surface area contributed by atoms with Gasteiger partial charge in [0.05, 0.1) is 35.1 Å². The number of benzene rings is 4. The van der Waals surface area contributed by atoms with Gasteiger partial charge in [0, 0.05) is 102 Å². The Balaban J connectivity index is -0.000000651. The molecular formula is C85H142Br3N7O17S2. The molecule has 5 atom stereocenters. The lowest BCUT2D eigenvalue weighted by Gasteiger charge is -2.26. The maximum atomic E-state index is 12.5. The van der Waals surface area contributed by atoms with Crippen LogP contribution < -0.4 is 4.83 Å². The van der Waals surface area contributed by atoms with E-state index in [1.165, 1.54) is 28.2 Å². The minimum absolute atomic E-state index is 0. The molecule has 0 aliphatic carbocycles. The van der Waals surface area contributed by atoms with E-state index in [1.807, 2.05) is 204 Å². The van der Waals surface area contributed by atoms with Gasteiger partial charge in [0.1, 0.15) is 28.0 Å². The normalized spacial score (nSPS) is 17.2. The first kappa shape index (κ1) is 114. The largest absolute Gasteiger partial charge is 0.444 e. The highest BCUT2D eigenvalue weighted by Crippen LogP contribution is 2.40. The minimum atomic E-state index is -3.70. The molecule has 4 aromatic carbocycles. The van der Waals surface area contributed by atoms with Crippen molar-refractivity contribution in [2.45, 2.75) is 266 Å². The highest BCUT2D eigenvalue weighted by Gasteiger charge is 2.41. The number of aliphatic hydroxyl groups is 1. The van der Waals surface area contributed by atoms with Crippen LogP contribution in [0.15, 0.2) is 120 Å². The standard InChI is InChI=1S/C17H24BrNO4S.C16H22BrNO3.C16H20BrNO3.C16H23N3O4S.C9H15NO3.3C2H6.5CH4/c1-17(2,3)23-16(20)19-10-9-12(11-19)15(24(4,21)22)13-7-5-6-8-14(13)18;2*1-16(2,3)21-15(20)18-9-8-11(10-18)14(19)12-6-4-5-7-13(12)17;1-12-5-7-14(8-6-12)24(21,22)18-17-13-9-10-19(11-13)15(20)23-16(2,3)4;1-9(2,3)13-8(12)10-5-4-7(11)6-10;3*1-2;;;;;/h5-8,12,15H,9-11H2,1-4H3;4-7,11,14,19H,8-10H2,1-3H3;4-7,11H,8-10H2,1-3H3;5-8,18H,9-11H2,1-4H3;4-6H2,1-3H3;3*1-2H3;5*1H4/b;;;17-13-;;;;;;;;;. The van der Waals surface area contributed by atoms with Crippen molar-refractivity contribution in [3.8, 4) is 0 Å². The number of ketones is 2. The maximum Gasteiger partial charge on any atom is 0.410 e. The van der Waals surface area contributed by atoms with Gasteiger partial charge < -0.3 is 53.3 Å². The molecule has 0 aromatic heterocycles. The van der Waals surface area contributed by atoms with Gasteiger partial charge in [0.15, 0.2) is 21.4 Å². The first-order valence-electron chi connectivity index (χ1n) is 37.2. The number of sulfone groups is 1. The lowest BCUT2D eigenvalue weighted by Crippen LogP contribution is -2.36. The second-order valence-electron chi connectivity index (χ2n) is 30.9. The topological polar surface area (TPSA) is 295 Å². The third-order valence-corrected chi connectivity index (χ3v) is 20.8. The van der Waals surface area contributed by atoms with Crippen LogP contribution in [0.4, 0.5) is 24.0 Å². The molecule has 5 unspecified atom stereocenters. The average molecular weight is 1840 g/mol. The summed E-state index contributed by atoms with van der Waals surface area (Å²) in [7, 11) is -7.02. The fourth-order valence-electron chi connectivity index (χ4n) is 11.1. The second kappa shape index (κ2) is 51.5. The fourth-order valence-corrected chi connectivity index (χ4v) is 15.3. The first-order valence-corrected chi connectivity index (χ1v) is 43.0. The summed E-state index contributed by atoms with van der Waals surface area (Å²) in [5, 5.41) is 13.8. The van der Waals surface area contributed by atoms with Gasteiger partial charge in [0.25, 0.3) is 10.0 Å². The number of carbonyl (C=O) groups is 7. The van der Waals surface area contributed by atoms with E-state index in [0.29, 0.717) is 89.3 Å². The number of carbonyl (C=O) groups excluding carboxylic acids is 7. The van der Waals surface area contributed by atoms with Crippen molar-refractivity contribution in [1.29, 1.82) is 0 Å². The number of nitrogens with zero attached hydrogens (tertiary/aromatic N) is 6. The van der Waals surface area contributed by atoms with E-state index >= 15 is 0 Å². The van der Waals surface area contributed by atoms with Gasteiger partial charge in [0.2, 0.25) is 0 Å². The third kappa shape index (κ3) is 40.5. The van der Waals surface area contributed by atoms with Crippen molar-refractivity contribution < 1.29 is 79.2 Å². The number of hydrazone groups is 1. The van der Waals surface area contributed by atoms with E-state index < -0.39 is 71.4 Å². The minimum Gasteiger partial charge on any atom is -0.444 e. The predicted octanol–water partition coefficient (Wildman–Crippen LogP) is 21.1. The summed E-state index contributed by atoms with van der Waals surface area (Å²) in [6.45, 7) is 45.7. The lowest BCUT2D eigenvalue weighted by atomic mass is 9.95. The molecule has 0 bridgehead atoms. The molecule has 29 heteroatoms. The van der Waals surface area contributed by atoms with Crippen molar-refractivity contribution >= 4 is 115 Å². The second-order valence-corrected chi connectivity index (χ2v) is 37.3. The van der Waals surface area contributed by atoms with Crippen molar-refractivity contribution in [2.24, 2.45) is 22.9 Å². The Kier molecular flexibility index (Phi) is 51.4. The Morgan fingerprint density at radius 3 is 1.21 bits per heavy atom. The first-order chi connectivity index (χ1) is 50.5. The molecule has 5 fully saturated rings. The number of ether oxygens (including phenoxy) is 5. The smallest absolute Gasteiger partial charge is 0.410 e. The van der Waals surface area contributed by atoms with Crippen LogP contribution in [-0.4, -0.2) is 194 Å². The van der Waals surface area contributed by atoms with Gasteiger partial charge in [-0.05, 0) is 177 Å². The SMILES string of the molecule is C.C.C.C.C.CC.CC.CC.CC(C)(C)OC(=O)N1CCC(=O)C1.CC(C)(C)OC(=O)N1CCC(C(=O)c2ccccc2Br)C1.CC(C)(C)OC(=O)N1CCC(C(O)c2ccccc2Br)C1.CC(C)(C)OC(=O)N1CCC(C(c2ccccc2Br)S(C)(=O)=O)C1.Cc1ccc(S(=O)(=O)N/N=C2/CCN(C(=O)OC(C)(C)C)C2)cc1. The fraction of sp³-hybridized carbons (Fsp3) is 0.624. The Morgan fingerprint density at radius 1 is 0.465 bits per heavy atom. The summed E-state index contributed by atoms with van der Waals surface area (Å²) in [4.78, 5) is 93.2. The third-order valence-electron chi connectivity index (χ3n) is 15.9. The molecule has 5 heterocycles. The summed E-state index contributed by atoms with van der Waals surface area (Å²) in [6, 6.07) is 28.9. The van der Waals surface area contributed by atoms with Gasteiger partial charge in [-0.15, -0.1) is 0 Å². The number of nitrogens with one attached hydrogen (secondary N) is 1. The molecule has 4 aromatic rings. The molecule has 9 rings (SSSR count). The number of sulfonamides is 1. The molecule has 652 valence electrons. The molecule has 0 saturated carbocycles. The molecule has 5 aliphatic rings. The molecule has 0 spiro atoms. The zero-order chi connectivity index (χ0) is 83.4. The maximum absolute atomic E-state index is 12.5. The monoisotopic (exact) mass is 1830 g/mol. The summed E-state index contributed by atoms with van der Waals surface area (Å²) >= 11 is 10.3. The molecule has 5 amide bonds. The van der Waals surface area contributed by atoms with Gasteiger partial charge >= 0.3 is 30.5 Å². The number of Topliss-reactive ketones (excluding diaryl/α,β-unsaturated/α-hetero) is 2. The summed E-state index contributed by atoms with van der Waals surface area (Å²) in [5.74, 6) is -0.0851. The van der Waals surface area contributed by atoms with Crippen LogP contribution in [0.1, 0.15) is 253 Å². The van der Waals surface area contributed by atoms with Gasteiger partial charge in [-0.25, -0.2) is 37.2 Å². The van der Waals surface area contributed by atoms with E-state index in [1.54, 1.807) is 47.6 Å². The van der Waals surface area contributed by atoms with Gasteiger partial charge in [-0.1, -0.05) is 199 Å². The number of aryl methyl sites for hydroxylation is 1. The Morgan fingerprint density at radius 2 is 0.816 bits per heavy atom. The Labute approximate surface area is 712 Å². The number of rotatable bonds is 10. The summed E-state index contributed by atoms with van der Waals surface area (Å²) in [6.07, 6.45) is 1.90. The Bertz CT molecular complexity index is 3870. The van der Waals surface area contributed by atoms with Crippen molar-refractivity contribution in [3.05, 3.63) is 133 Å². The molecule has 2 N–H and O–H groups in total. The average Bonchev–Trinajstić information content (AvgIpc) is 1.51. The number of halogens is 3. The van der Waals surface area contributed by atoms with Crippen LogP contribution in [-0.2, 0) is 48.3 Å². The molecule has 5 aliphatic heterocycles. The van der Waals surface area contributed by atoms with E-state index in [2.05, 4.69) is 57.7 Å². The van der Waals surface area contributed by atoms with Crippen molar-refractivity contribution in [1.82, 2.24) is 29.3 Å². The van der Waals surface area contributed by atoms with Crippen LogP contribution in [0, 0.1) is 24.7 Å². The predicted molar refractivity (Wildman–Crippen MR) is 474 cm³/mol. The summed E-state index contributed by atoms with van der Waals surface area (Å²) in [5.41, 5.74) is 1.25. The van der Waals surface area contributed by atoms with Gasteiger partial charge in [-0.3, -0.25) is 9.59 Å². The van der Waals surface area contributed by atoms with Crippen molar-refractivity contribution in [3.63, 3.8) is 0 Å². The van der Waals surface area contributed by atoms with Crippen molar-refractivity contribution in [2.75, 3.05) is 71.7 Å². The number of hydrogen-bond acceptors (Lipinski definition) is 18. The number of hydrogen-bond donors (Lipinski definition) is 2. The van der Waals surface area contributed by atoms with Crippen LogP contribution in [0.3, 0.4) is 0 Å².